The van der Waals surface area contributed by atoms with Gasteiger partial charge < -0.3 is 15.5 Å². The van der Waals surface area contributed by atoms with Gasteiger partial charge in [0.15, 0.2) is 0 Å². The van der Waals surface area contributed by atoms with Gasteiger partial charge in [-0.3, -0.25) is 4.68 Å². The highest BCUT2D eigenvalue weighted by Gasteiger charge is 2.27. The van der Waals surface area contributed by atoms with E-state index in [2.05, 4.69) is 42.7 Å². The fraction of sp³-hybridized carbons (Fsp3) is 0.733. The van der Waals surface area contributed by atoms with Gasteiger partial charge in [0.05, 0.1) is 6.20 Å². The van der Waals surface area contributed by atoms with Crippen LogP contribution in [0.5, 0.6) is 0 Å². The third-order valence-corrected chi connectivity index (χ3v) is 3.94. The molecule has 6 nitrogen and oxygen atoms in total. The molecule has 0 aliphatic carbocycles. The van der Waals surface area contributed by atoms with Crippen molar-refractivity contribution in [3.05, 3.63) is 18.0 Å². The first kappa shape index (κ1) is 15.8. The van der Waals surface area contributed by atoms with Crippen LogP contribution in [-0.4, -0.2) is 46.4 Å². The van der Waals surface area contributed by atoms with Crippen LogP contribution in [0.3, 0.4) is 0 Å². The van der Waals surface area contributed by atoms with Crippen molar-refractivity contribution in [2.24, 2.45) is 0 Å². The first-order valence-corrected chi connectivity index (χ1v) is 7.84. The molecule has 1 aliphatic rings. The quantitative estimate of drug-likeness (QED) is 0.872. The summed E-state index contributed by atoms with van der Waals surface area (Å²) in [6.45, 7) is 10.6. The zero-order valence-corrected chi connectivity index (χ0v) is 13.5. The molecule has 118 valence electrons. The summed E-state index contributed by atoms with van der Waals surface area (Å²) in [5, 5.41) is 10.8. The number of aromatic nitrogens is 2. The molecule has 2 N–H and O–H groups in total. The average Bonchev–Trinajstić information content (AvgIpc) is 3.07. The van der Waals surface area contributed by atoms with E-state index in [0.29, 0.717) is 18.6 Å². The molecular weight excluding hydrogens is 266 g/mol. The number of rotatable bonds is 5. The van der Waals surface area contributed by atoms with Crippen LogP contribution in [0.1, 0.15) is 51.8 Å². The molecule has 0 aromatic carbocycles. The number of likely N-dealkylation sites (tertiary alicyclic amines) is 1. The summed E-state index contributed by atoms with van der Waals surface area (Å²) in [7, 11) is 0. The second-order valence-electron chi connectivity index (χ2n) is 6.00. The molecular formula is C15H27N5O. The van der Waals surface area contributed by atoms with Gasteiger partial charge in [-0.15, -0.1) is 0 Å². The van der Waals surface area contributed by atoms with Crippen molar-refractivity contribution < 1.29 is 4.79 Å². The van der Waals surface area contributed by atoms with Crippen molar-refractivity contribution >= 4 is 6.03 Å². The summed E-state index contributed by atoms with van der Waals surface area (Å²) in [6, 6.07) is 1.02. The van der Waals surface area contributed by atoms with Crippen molar-refractivity contribution in [1.82, 2.24) is 25.3 Å². The third-order valence-electron chi connectivity index (χ3n) is 3.94. The largest absolute Gasteiger partial charge is 0.338 e. The van der Waals surface area contributed by atoms with Gasteiger partial charge in [0, 0.05) is 49.5 Å². The Morgan fingerprint density at radius 3 is 2.86 bits per heavy atom. The van der Waals surface area contributed by atoms with Crippen LogP contribution < -0.4 is 10.6 Å². The summed E-state index contributed by atoms with van der Waals surface area (Å²) in [6.07, 6.45) is 5.02. The minimum Gasteiger partial charge on any atom is -0.338 e. The van der Waals surface area contributed by atoms with Crippen molar-refractivity contribution in [3.8, 4) is 0 Å². The Morgan fingerprint density at radius 2 is 2.24 bits per heavy atom. The Bertz CT molecular complexity index is 470. The number of hydrogen-bond donors (Lipinski definition) is 2. The fourth-order valence-electron chi connectivity index (χ4n) is 2.65. The lowest BCUT2D eigenvalue weighted by molar-refractivity contribution is 0.208. The van der Waals surface area contributed by atoms with Gasteiger partial charge in [-0.2, -0.15) is 5.10 Å². The van der Waals surface area contributed by atoms with Gasteiger partial charge in [-0.1, -0.05) is 0 Å². The molecule has 2 atom stereocenters. The van der Waals surface area contributed by atoms with Gasteiger partial charge in [0.25, 0.3) is 0 Å². The van der Waals surface area contributed by atoms with Crippen LogP contribution in [0.4, 0.5) is 4.79 Å². The lowest BCUT2D eigenvalue weighted by atomic mass is 10.1. The van der Waals surface area contributed by atoms with E-state index < -0.39 is 0 Å². The van der Waals surface area contributed by atoms with E-state index in [0.717, 1.165) is 19.5 Å². The van der Waals surface area contributed by atoms with Crippen LogP contribution in [-0.2, 0) is 0 Å². The summed E-state index contributed by atoms with van der Waals surface area (Å²) < 4.78 is 1.98. The van der Waals surface area contributed by atoms with Crippen molar-refractivity contribution in [3.63, 3.8) is 0 Å². The molecule has 0 saturated carbocycles. The summed E-state index contributed by atoms with van der Waals surface area (Å²) >= 11 is 0. The molecule has 6 heteroatoms. The Hall–Kier alpha value is -1.56. The monoisotopic (exact) mass is 293 g/mol. The highest BCUT2D eigenvalue weighted by Crippen LogP contribution is 2.17. The molecule has 2 rings (SSSR count). The predicted octanol–water partition coefficient (Wildman–Crippen LogP) is 1.92. The van der Waals surface area contributed by atoms with E-state index in [9.17, 15) is 4.79 Å². The van der Waals surface area contributed by atoms with Gasteiger partial charge in [-0.25, -0.2) is 4.79 Å². The molecule has 21 heavy (non-hydrogen) atoms. The van der Waals surface area contributed by atoms with E-state index in [1.54, 1.807) is 0 Å². The van der Waals surface area contributed by atoms with E-state index in [4.69, 9.17) is 0 Å². The lowest BCUT2D eigenvalue weighted by Crippen LogP contribution is -2.41. The minimum absolute atomic E-state index is 0.0436. The molecule has 0 radical (unpaired) electrons. The summed E-state index contributed by atoms with van der Waals surface area (Å²) in [5.74, 6) is 0. The Labute approximate surface area is 126 Å². The van der Waals surface area contributed by atoms with Crippen molar-refractivity contribution in [2.75, 3.05) is 19.6 Å². The van der Waals surface area contributed by atoms with Gasteiger partial charge in [0.2, 0.25) is 0 Å². The Morgan fingerprint density at radius 1 is 1.48 bits per heavy atom. The summed E-state index contributed by atoms with van der Waals surface area (Å²) in [4.78, 5) is 13.7. The SMILES string of the molecule is CCNC(=O)N1CC[C@@H](N[C@H](C)c2cnn(C(C)C)c2)C1. The zero-order chi connectivity index (χ0) is 15.4. The van der Waals surface area contributed by atoms with E-state index in [-0.39, 0.29) is 12.1 Å². The highest BCUT2D eigenvalue weighted by atomic mass is 16.2. The maximum Gasteiger partial charge on any atom is 0.317 e. The third kappa shape index (κ3) is 3.97. The molecule has 0 unspecified atom stereocenters. The number of nitrogens with one attached hydrogen (secondary N) is 2. The Balaban J connectivity index is 1.86. The Kier molecular flexibility index (Phi) is 5.22. The average molecular weight is 293 g/mol. The second kappa shape index (κ2) is 6.93. The summed E-state index contributed by atoms with van der Waals surface area (Å²) in [5.41, 5.74) is 1.19. The second-order valence-corrected chi connectivity index (χ2v) is 6.00. The maximum absolute atomic E-state index is 11.8. The van der Waals surface area contributed by atoms with Crippen LogP contribution in [0.2, 0.25) is 0 Å². The molecule has 0 spiro atoms. The molecule has 1 fully saturated rings. The van der Waals surface area contributed by atoms with Crippen LogP contribution >= 0.6 is 0 Å². The first-order chi connectivity index (χ1) is 10.0. The molecule has 2 heterocycles. The molecule has 1 aliphatic heterocycles. The topological polar surface area (TPSA) is 62.2 Å². The molecule has 1 aromatic heterocycles. The molecule has 1 saturated heterocycles. The number of hydrogen-bond acceptors (Lipinski definition) is 3. The molecule has 0 bridgehead atoms. The lowest BCUT2D eigenvalue weighted by Gasteiger charge is -2.20. The van der Waals surface area contributed by atoms with Crippen LogP contribution in [0, 0.1) is 0 Å². The number of carbonyl (C=O) groups excluding carboxylic acids is 1. The highest BCUT2D eigenvalue weighted by molar-refractivity contribution is 5.74. The zero-order valence-electron chi connectivity index (χ0n) is 13.5. The number of carbonyl (C=O) groups is 1. The van der Waals surface area contributed by atoms with Gasteiger partial charge >= 0.3 is 6.03 Å². The predicted molar refractivity (Wildman–Crippen MR) is 83.2 cm³/mol. The first-order valence-electron chi connectivity index (χ1n) is 7.84. The van der Waals surface area contributed by atoms with E-state index in [1.165, 1.54) is 5.56 Å². The number of nitrogens with zero attached hydrogens (tertiary/aromatic N) is 3. The van der Waals surface area contributed by atoms with Crippen molar-refractivity contribution in [2.45, 2.75) is 52.2 Å². The minimum atomic E-state index is 0.0436. The molecule has 1 aromatic rings. The van der Waals surface area contributed by atoms with Gasteiger partial charge in [0.1, 0.15) is 0 Å². The normalized spacial score (nSPS) is 20.0. The van der Waals surface area contributed by atoms with E-state index >= 15 is 0 Å². The van der Waals surface area contributed by atoms with Crippen LogP contribution in [0.15, 0.2) is 12.4 Å². The smallest absolute Gasteiger partial charge is 0.317 e. The number of urea groups is 1. The standard InChI is InChI=1S/C15H27N5O/c1-5-16-15(21)19-7-6-14(10-19)18-12(4)13-8-17-20(9-13)11(2)3/h8-9,11-12,14,18H,5-7,10H2,1-4H3,(H,16,21)/t12-,14-/m1/s1. The number of amides is 2. The van der Waals surface area contributed by atoms with Crippen molar-refractivity contribution in [1.29, 1.82) is 0 Å². The van der Waals surface area contributed by atoms with E-state index in [1.807, 2.05) is 22.7 Å². The van der Waals surface area contributed by atoms with Gasteiger partial charge in [-0.05, 0) is 34.1 Å². The molecule has 2 amide bonds. The van der Waals surface area contributed by atoms with Crippen LogP contribution in [0.25, 0.3) is 0 Å². The fourth-order valence-corrected chi connectivity index (χ4v) is 2.65. The maximum atomic E-state index is 11.8.